The number of anilines is 2. The molecule has 0 spiro atoms. The largest absolute Gasteiger partial charge is 0.323 e. The summed E-state index contributed by atoms with van der Waals surface area (Å²) in [5.41, 5.74) is 0.980. The monoisotopic (exact) mass is 330 g/mol. The minimum absolute atomic E-state index is 0.278. The third-order valence-corrected chi connectivity index (χ3v) is 3.95. The van der Waals surface area contributed by atoms with E-state index in [1.165, 1.54) is 0 Å². The summed E-state index contributed by atoms with van der Waals surface area (Å²) in [6, 6.07) is 9.80. The van der Waals surface area contributed by atoms with Gasteiger partial charge in [-0.25, -0.2) is 8.78 Å². The molecule has 3 rings (SSSR count). The predicted molar refractivity (Wildman–Crippen MR) is 86.8 cm³/mol. The number of carbonyl (C=O) groups is 2. The summed E-state index contributed by atoms with van der Waals surface area (Å²) in [5, 5.41) is 2.33. The van der Waals surface area contributed by atoms with Gasteiger partial charge in [-0.2, -0.15) is 0 Å². The molecule has 1 unspecified atom stereocenters. The summed E-state index contributed by atoms with van der Waals surface area (Å²) in [4.78, 5) is 26.7. The van der Waals surface area contributed by atoms with Gasteiger partial charge in [0, 0.05) is 18.3 Å². The maximum atomic E-state index is 13.7. The van der Waals surface area contributed by atoms with Crippen molar-refractivity contribution in [3.8, 4) is 0 Å². The average molecular weight is 330 g/mol. The Kier molecular flexibility index (Phi) is 4.29. The standard InChI is InChI=1S/C18H16F2N2O2/c1-2-9-22-15-6-4-3-5-12(15)16(18(22)24)17(23)21-14-10-11(19)7-8-13(14)20/h3-8,10,16H,2,9H2,1H3,(H,21,23). The Morgan fingerprint density at radius 1 is 1.21 bits per heavy atom. The lowest BCUT2D eigenvalue weighted by molar-refractivity contribution is -0.126. The fourth-order valence-electron chi connectivity index (χ4n) is 2.89. The normalized spacial score (nSPS) is 16.2. The highest BCUT2D eigenvalue weighted by atomic mass is 19.1. The van der Waals surface area contributed by atoms with Crippen LogP contribution in [0.3, 0.4) is 0 Å². The van der Waals surface area contributed by atoms with E-state index < -0.39 is 23.5 Å². The van der Waals surface area contributed by atoms with E-state index in [4.69, 9.17) is 0 Å². The number of carbonyl (C=O) groups excluding carboxylic acids is 2. The van der Waals surface area contributed by atoms with Crippen LogP contribution in [0.4, 0.5) is 20.2 Å². The first-order chi connectivity index (χ1) is 11.5. The van der Waals surface area contributed by atoms with Crippen molar-refractivity contribution in [2.75, 3.05) is 16.8 Å². The van der Waals surface area contributed by atoms with Crippen LogP contribution < -0.4 is 10.2 Å². The van der Waals surface area contributed by atoms with Crippen molar-refractivity contribution in [2.24, 2.45) is 0 Å². The maximum Gasteiger partial charge on any atom is 0.244 e. The summed E-state index contributed by atoms with van der Waals surface area (Å²) in [6.45, 7) is 2.43. The highest BCUT2D eigenvalue weighted by Gasteiger charge is 2.41. The molecule has 2 aromatic rings. The molecule has 1 atom stereocenters. The van der Waals surface area contributed by atoms with Crippen LogP contribution in [-0.4, -0.2) is 18.4 Å². The topological polar surface area (TPSA) is 49.4 Å². The summed E-state index contributed by atoms with van der Waals surface area (Å²) in [7, 11) is 0. The molecular formula is C18H16F2N2O2. The molecular weight excluding hydrogens is 314 g/mol. The number of hydrogen-bond donors (Lipinski definition) is 1. The van der Waals surface area contributed by atoms with Crippen molar-refractivity contribution in [3.63, 3.8) is 0 Å². The van der Waals surface area contributed by atoms with Crippen molar-refractivity contribution >= 4 is 23.2 Å². The number of rotatable bonds is 4. The van der Waals surface area contributed by atoms with E-state index in [-0.39, 0.29) is 11.6 Å². The molecule has 24 heavy (non-hydrogen) atoms. The van der Waals surface area contributed by atoms with E-state index in [0.717, 1.165) is 24.6 Å². The molecule has 1 aliphatic heterocycles. The van der Waals surface area contributed by atoms with Crippen LogP contribution in [0.2, 0.25) is 0 Å². The molecule has 1 heterocycles. The molecule has 0 saturated carbocycles. The van der Waals surface area contributed by atoms with Crippen molar-refractivity contribution < 1.29 is 18.4 Å². The summed E-state index contributed by atoms with van der Waals surface area (Å²) >= 11 is 0. The first-order valence-electron chi connectivity index (χ1n) is 7.69. The van der Waals surface area contributed by atoms with Crippen molar-refractivity contribution in [2.45, 2.75) is 19.3 Å². The molecule has 2 amide bonds. The Morgan fingerprint density at radius 3 is 2.71 bits per heavy atom. The lowest BCUT2D eigenvalue weighted by Gasteiger charge is -2.16. The van der Waals surface area contributed by atoms with Gasteiger partial charge in [0.15, 0.2) is 0 Å². The number of nitrogens with zero attached hydrogens (tertiary/aromatic N) is 1. The summed E-state index contributed by atoms with van der Waals surface area (Å²) in [5.74, 6) is -3.51. The van der Waals surface area contributed by atoms with Gasteiger partial charge in [0.25, 0.3) is 0 Å². The van der Waals surface area contributed by atoms with Gasteiger partial charge in [-0.15, -0.1) is 0 Å². The second-order valence-electron chi connectivity index (χ2n) is 5.60. The number of fused-ring (bicyclic) bond motifs is 1. The molecule has 0 aromatic heterocycles. The third kappa shape index (κ3) is 2.75. The molecule has 0 fully saturated rings. The van der Waals surface area contributed by atoms with Gasteiger partial charge in [0.2, 0.25) is 11.8 Å². The Labute approximate surface area is 138 Å². The van der Waals surface area contributed by atoms with E-state index in [9.17, 15) is 18.4 Å². The zero-order valence-corrected chi connectivity index (χ0v) is 13.1. The van der Waals surface area contributed by atoms with Crippen LogP contribution in [0, 0.1) is 11.6 Å². The van der Waals surface area contributed by atoms with Gasteiger partial charge in [-0.1, -0.05) is 25.1 Å². The van der Waals surface area contributed by atoms with Crippen LogP contribution in [0.15, 0.2) is 42.5 Å². The highest BCUT2D eigenvalue weighted by Crippen LogP contribution is 2.38. The summed E-state index contributed by atoms with van der Waals surface area (Å²) < 4.78 is 27.0. The summed E-state index contributed by atoms with van der Waals surface area (Å²) in [6.07, 6.45) is 0.743. The van der Waals surface area contributed by atoms with Crippen LogP contribution in [0.1, 0.15) is 24.8 Å². The molecule has 2 aromatic carbocycles. The first kappa shape index (κ1) is 16.1. The van der Waals surface area contributed by atoms with Gasteiger partial charge in [-0.3, -0.25) is 9.59 Å². The fraction of sp³-hybridized carbons (Fsp3) is 0.222. The average Bonchev–Trinajstić information content (AvgIpc) is 2.84. The molecule has 0 aliphatic carbocycles. The van der Waals surface area contributed by atoms with Gasteiger partial charge < -0.3 is 10.2 Å². The van der Waals surface area contributed by atoms with Crippen LogP contribution in [0.25, 0.3) is 0 Å². The van der Waals surface area contributed by atoms with Crippen molar-refractivity contribution in [1.29, 1.82) is 0 Å². The molecule has 6 heteroatoms. The lowest BCUT2D eigenvalue weighted by Crippen LogP contribution is -2.34. The molecule has 0 radical (unpaired) electrons. The molecule has 124 valence electrons. The minimum Gasteiger partial charge on any atom is -0.323 e. The van der Waals surface area contributed by atoms with E-state index in [0.29, 0.717) is 17.8 Å². The Morgan fingerprint density at radius 2 is 1.96 bits per heavy atom. The SMILES string of the molecule is CCCN1C(=O)C(C(=O)Nc2cc(F)ccc2F)c2ccccc21. The third-order valence-electron chi connectivity index (χ3n) is 3.95. The molecule has 0 saturated heterocycles. The number of benzene rings is 2. The van der Waals surface area contributed by atoms with Crippen LogP contribution in [-0.2, 0) is 9.59 Å². The Balaban J connectivity index is 1.92. The van der Waals surface area contributed by atoms with Crippen molar-refractivity contribution in [3.05, 3.63) is 59.7 Å². The second-order valence-corrected chi connectivity index (χ2v) is 5.60. The van der Waals surface area contributed by atoms with Gasteiger partial charge in [0.05, 0.1) is 5.69 Å². The number of para-hydroxylation sites is 1. The zero-order valence-electron chi connectivity index (χ0n) is 13.1. The van der Waals surface area contributed by atoms with E-state index in [1.807, 2.05) is 6.92 Å². The first-order valence-corrected chi connectivity index (χ1v) is 7.69. The van der Waals surface area contributed by atoms with E-state index in [2.05, 4.69) is 5.32 Å². The van der Waals surface area contributed by atoms with Gasteiger partial charge in [0.1, 0.15) is 17.6 Å². The van der Waals surface area contributed by atoms with Crippen molar-refractivity contribution in [1.82, 2.24) is 0 Å². The van der Waals surface area contributed by atoms with Gasteiger partial charge >= 0.3 is 0 Å². The Bertz CT molecular complexity index is 807. The molecule has 1 aliphatic rings. The maximum absolute atomic E-state index is 13.7. The smallest absolute Gasteiger partial charge is 0.244 e. The number of amides is 2. The quantitative estimate of drug-likeness (QED) is 0.873. The Hall–Kier alpha value is -2.76. The minimum atomic E-state index is -1.06. The molecule has 1 N–H and O–H groups in total. The van der Waals surface area contributed by atoms with E-state index in [1.54, 1.807) is 29.2 Å². The highest BCUT2D eigenvalue weighted by molar-refractivity contribution is 6.20. The number of halogens is 2. The van der Waals surface area contributed by atoms with Gasteiger partial charge in [-0.05, 0) is 30.2 Å². The number of nitrogens with one attached hydrogen (secondary N) is 1. The zero-order chi connectivity index (χ0) is 17.3. The molecule has 4 nitrogen and oxygen atoms in total. The molecule has 0 bridgehead atoms. The lowest BCUT2D eigenvalue weighted by atomic mass is 10.00. The van der Waals surface area contributed by atoms with Crippen LogP contribution in [0.5, 0.6) is 0 Å². The number of hydrogen-bond acceptors (Lipinski definition) is 2. The van der Waals surface area contributed by atoms with Crippen LogP contribution >= 0.6 is 0 Å². The fourth-order valence-corrected chi connectivity index (χ4v) is 2.89. The predicted octanol–water partition coefficient (Wildman–Crippen LogP) is 3.44. The second kappa shape index (κ2) is 6.39. The van der Waals surface area contributed by atoms with E-state index >= 15 is 0 Å².